The van der Waals surface area contributed by atoms with Crippen LogP contribution in [0.4, 0.5) is 0 Å². The minimum atomic E-state index is -0.807. The minimum absolute atomic E-state index is 0.0645. The third-order valence-electron chi connectivity index (χ3n) is 1.60. The van der Waals surface area contributed by atoms with E-state index in [1.165, 1.54) is 0 Å². The molecule has 1 aromatic rings. The zero-order valence-corrected chi connectivity index (χ0v) is 9.48. The molecule has 0 spiro atoms. The Bertz CT molecular complexity index is 325. The second kappa shape index (κ2) is 4.67. The summed E-state index contributed by atoms with van der Waals surface area (Å²) in [6, 6.07) is 5.65. The van der Waals surface area contributed by atoms with Gasteiger partial charge in [-0.05, 0) is 33.8 Å². The quantitative estimate of drug-likeness (QED) is 0.850. The van der Waals surface area contributed by atoms with Crippen molar-refractivity contribution in [2.45, 2.75) is 11.3 Å². The number of benzene rings is 1. The summed E-state index contributed by atoms with van der Waals surface area (Å²) in [5.74, 6) is -0.807. The fourth-order valence-electron chi connectivity index (χ4n) is 1.01. The number of thioether (sulfide) groups is 1. The molecule has 70 valence electrons. The van der Waals surface area contributed by atoms with E-state index in [1.54, 1.807) is 11.8 Å². The van der Waals surface area contributed by atoms with Gasteiger partial charge in [-0.25, -0.2) is 0 Å². The second-order valence-electron chi connectivity index (χ2n) is 2.50. The summed E-state index contributed by atoms with van der Waals surface area (Å²) in [6.45, 7) is 0. The lowest BCUT2D eigenvalue weighted by atomic mass is 10.1. The molecule has 0 radical (unpaired) electrons. The number of rotatable bonds is 3. The van der Waals surface area contributed by atoms with Crippen LogP contribution in [0.2, 0.25) is 0 Å². The Morgan fingerprint density at radius 1 is 1.62 bits per heavy atom. The van der Waals surface area contributed by atoms with Gasteiger partial charge < -0.3 is 5.11 Å². The van der Waals surface area contributed by atoms with Gasteiger partial charge in [-0.1, -0.05) is 12.1 Å². The molecule has 13 heavy (non-hydrogen) atoms. The highest BCUT2D eigenvalue weighted by atomic mass is 79.9. The molecule has 0 atom stereocenters. The standard InChI is InChI=1S/C9H9BrO2S/c1-13-7-4-2-3-6(9(7)10)5-8(11)12/h2-4H,5H2,1H3,(H,11,12). The maximum absolute atomic E-state index is 10.5. The molecule has 0 fully saturated rings. The Morgan fingerprint density at radius 3 is 2.85 bits per heavy atom. The molecule has 0 unspecified atom stereocenters. The first-order chi connectivity index (χ1) is 6.15. The van der Waals surface area contributed by atoms with Gasteiger partial charge in [-0.15, -0.1) is 11.8 Å². The van der Waals surface area contributed by atoms with Crippen molar-refractivity contribution in [1.82, 2.24) is 0 Å². The first kappa shape index (κ1) is 10.6. The van der Waals surface area contributed by atoms with Gasteiger partial charge in [0.1, 0.15) is 0 Å². The predicted molar refractivity (Wildman–Crippen MR) is 57.3 cm³/mol. The summed E-state index contributed by atoms with van der Waals surface area (Å²) in [5, 5.41) is 8.63. The van der Waals surface area contributed by atoms with Gasteiger partial charge in [0.15, 0.2) is 0 Å². The lowest BCUT2D eigenvalue weighted by molar-refractivity contribution is -0.136. The number of hydrogen-bond donors (Lipinski definition) is 1. The third-order valence-corrected chi connectivity index (χ3v) is 3.58. The van der Waals surface area contributed by atoms with Crippen LogP contribution in [0.3, 0.4) is 0 Å². The summed E-state index contributed by atoms with van der Waals surface area (Å²) < 4.78 is 0.893. The summed E-state index contributed by atoms with van der Waals surface area (Å²) in [7, 11) is 0. The van der Waals surface area contributed by atoms with Gasteiger partial charge >= 0.3 is 5.97 Å². The average molecular weight is 261 g/mol. The highest BCUT2D eigenvalue weighted by Gasteiger charge is 2.07. The molecule has 0 aliphatic rings. The molecule has 0 amide bonds. The molecule has 0 aromatic heterocycles. The van der Waals surface area contributed by atoms with Crippen LogP contribution < -0.4 is 0 Å². The van der Waals surface area contributed by atoms with E-state index < -0.39 is 5.97 Å². The average Bonchev–Trinajstić information content (AvgIpc) is 2.08. The van der Waals surface area contributed by atoms with Crippen molar-refractivity contribution in [2.75, 3.05) is 6.26 Å². The first-order valence-electron chi connectivity index (χ1n) is 3.68. The van der Waals surface area contributed by atoms with E-state index in [0.717, 1.165) is 14.9 Å². The van der Waals surface area contributed by atoms with Gasteiger partial charge in [0.2, 0.25) is 0 Å². The summed E-state index contributed by atoms with van der Waals surface area (Å²) in [6.07, 6.45) is 2.03. The predicted octanol–water partition coefficient (Wildman–Crippen LogP) is 2.80. The number of carboxylic acid groups (broad SMARTS) is 1. The molecular formula is C9H9BrO2S. The normalized spacial score (nSPS) is 10.0. The Kier molecular flexibility index (Phi) is 3.81. The largest absolute Gasteiger partial charge is 0.481 e. The third kappa shape index (κ3) is 2.74. The highest BCUT2D eigenvalue weighted by Crippen LogP contribution is 2.28. The maximum Gasteiger partial charge on any atom is 0.307 e. The smallest absolute Gasteiger partial charge is 0.307 e. The molecule has 1 aromatic carbocycles. The topological polar surface area (TPSA) is 37.3 Å². The Balaban J connectivity index is 3.01. The number of halogens is 1. The molecule has 2 nitrogen and oxygen atoms in total. The number of carboxylic acids is 1. The van der Waals surface area contributed by atoms with Gasteiger partial charge in [-0.3, -0.25) is 4.79 Å². The van der Waals surface area contributed by atoms with Crippen molar-refractivity contribution < 1.29 is 9.90 Å². The highest BCUT2D eigenvalue weighted by molar-refractivity contribution is 9.10. The van der Waals surface area contributed by atoms with Gasteiger partial charge in [0.25, 0.3) is 0 Å². The van der Waals surface area contributed by atoms with Crippen molar-refractivity contribution in [3.8, 4) is 0 Å². The van der Waals surface area contributed by atoms with Crippen LogP contribution in [0.15, 0.2) is 27.6 Å². The number of aliphatic carboxylic acids is 1. The van der Waals surface area contributed by atoms with Crippen molar-refractivity contribution in [2.24, 2.45) is 0 Å². The minimum Gasteiger partial charge on any atom is -0.481 e. The first-order valence-corrected chi connectivity index (χ1v) is 5.70. The van der Waals surface area contributed by atoms with Crippen LogP contribution in [-0.4, -0.2) is 17.3 Å². The zero-order valence-electron chi connectivity index (χ0n) is 7.08. The Hall–Kier alpha value is -0.480. The van der Waals surface area contributed by atoms with Crippen molar-refractivity contribution in [3.05, 3.63) is 28.2 Å². The Labute approximate surface area is 89.5 Å². The van der Waals surface area contributed by atoms with Crippen LogP contribution >= 0.6 is 27.7 Å². The molecule has 1 N–H and O–H groups in total. The van der Waals surface area contributed by atoms with E-state index in [2.05, 4.69) is 15.9 Å². The monoisotopic (exact) mass is 260 g/mol. The van der Waals surface area contributed by atoms with E-state index in [-0.39, 0.29) is 6.42 Å². The molecule has 0 saturated carbocycles. The van der Waals surface area contributed by atoms with Crippen LogP contribution in [0.25, 0.3) is 0 Å². The SMILES string of the molecule is CSc1cccc(CC(=O)O)c1Br. The zero-order chi connectivity index (χ0) is 9.84. The van der Waals surface area contributed by atoms with Gasteiger partial charge in [0, 0.05) is 9.37 Å². The summed E-state index contributed by atoms with van der Waals surface area (Å²) in [4.78, 5) is 11.6. The second-order valence-corrected chi connectivity index (χ2v) is 4.14. The Morgan fingerprint density at radius 2 is 2.31 bits per heavy atom. The van der Waals surface area contributed by atoms with Crippen LogP contribution in [-0.2, 0) is 11.2 Å². The van der Waals surface area contributed by atoms with E-state index in [1.807, 2.05) is 24.5 Å². The number of hydrogen-bond acceptors (Lipinski definition) is 2. The lowest BCUT2D eigenvalue weighted by Crippen LogP contribution is -2.00. The molecule has 0 aliphatic heterocycles. The number of carbonyl (C=O) groups is 1. The molecule has 0 bridgehead atoms. The van der Waals surface area contributed by atoms with E-state index >= 15 is 0 Å². The molecule has 1 rings (SSSR count). The fourth-order valence-corrected chi connectivity index (χ4v) is 2.43. The van der Waals surface area contributed by atoms with Gasteiger partial charge in [0.05, 0.1) is 6.42 Å². The van der Waals surface area contributed by atoms with Crippen LogP contribution in [0.1, 0.15) is 5.56 Å². The van der Waals surface area contributed by atoms with Crippen molar-refractivity contribution >= 4 is 33.7 Å². The summed E-state index contributed by atoms with van der Waals surface area (Å²) in [5.41, 5.74) is 0.819. The van der Waals surface area contributed by atoms with E-state index in [0.29, 0.717) is 0 Å². The molecular weight excluding hydrogens is 252 g/mol. The van der Waals surface area contributed by atoms with Gasteiger partial charge in [-0.2, -0.15) is 0 Å². The van der Waals surface area contributed by atoms with Crippen LogP contribution in [0.5, 0.6) is 0 Å². The molecule has 0 saturated heterocycles. The summed E-state index contributed by atoms with van der Waals surface area (Å²) >= 11 is 4.98. The van der Waals surface area contributed by atoms with Crippen molar-refractivity contribution in [3.63, 3.8) is 0 Å². The molecule has 4 heteroatoms. The van der Waals surface area contributed by atoms with E-state index in [9.17, 15) is 4.79 Å². The molecule has 0 aliphatic carbocycles. The maximum atomic E-state index is 10.5. The van der Waals surface area contributed by atoms with Crippen LogP contribution in [0, 0.1) is 0 Å². The van der Waals surface area contributed by atoms with E-state index in [4.69, 9.17) is 5.11 Å². The lowest BCUT2D eigenvalue weighted by Gasteiger charge is -2.05. The van der Waals surface area contributed by atoms with Crippen molar-refractivity contribution in [1.29, 1.82) is 0 Å². The molecule has 0 heterocycles. The fraction of sp³-hybridized carbons (Fsp3) is 0.222.